The molecule has 0 aliphatic carbocycles. The number of fused-ring (bicyclic) bond motifs is 4. The summed E-state index contributed by atoms with van der Waals surface area (Å²) in [6, 6.07) is 43.1. The van der Waals surface area contributed by atoms with Crippen molar-refractivity contribution in [2.45, 2.75) is 13.8 Å². The Morgan fingerprint density at radius 3 is 2.34 bits per heavy atom. The fourth-order valence-corrected chi connectivity index (χ4v) is 5.32. The monoisotopic (exact) mass is 708 g/mol. The number of aryl methyl sites for hydroxylation is 2. The van der Waals surface area contributed by atoms with E-state index in [4.69, 9.17) is 4.74 Å². The standard InChI is InChI=1S/C25H17N2O.C11H8N.Ir/c1-16-7-5-8-17(2)23(16)26-15-27-21-14-13-18-9-3-4-10-19(18)25(21)28-22-12-6-11-20(26)24(22)27;1-2-6-10(7-3-1)11-8-4-5-9-12-11;/h3-13H,1-2H3;1-6,8-9H;/q2*-1;+3. The maximum Gasteiger partial charge on any atom is 3.00 e. The third kappa shape index (κ3) is 4.74. The molecule has 0 atom stereocenters. The molecule has 5 heteroatoms. The van der Waals surface area contributed by atoms with Crippen molar-refractivity contribution in [3.63, 3.8) is 0 Å². The van der Waals surface area contributed by atoms with E-state index in [0.717, 1.165) is 55.9 Å². The van der Waals surface area contributed by atoms with Crippen LogP contribution in [-0.2, 0) is 20.1 Å². The molecular weight excluding hydrogens is 683 g/mol. The summed E-state index contributed by atoms with van der Waals surface area (Å²) in [6.07, 6.45) is 5.36. The summed E-state index contributed by atoms with van der Waals surface area (Å²) in [5, 5.41) is 2.20. The van der Waals surface area contributed by atoms with Crippen LogP contribution in [0.1, 0.15) is 11.1 Å². The quantitative estimate of drug-likeness (QED) is 0.135. The Morgan fingerprint density at radius 2 is 1.56 bits per heavy atom. The van der Waals surface area contributed by atoms with Crippen molar-refractivity contribution >= 4 is 21.8 Å². The van der Waals surface area contributed by atoms with Crippen LogP contribution in [0.25, 0.3) is 44.4 Å². The molecule has 1 aliphatic heterocycles. The first kappa shape index (κ1) is 26.6. The maximum atomic E-state index is 6.39. The molecule has 0 bridgehead atoms. The van der Waals surface area contributed by atoms with Gasteiger partial charge in [0.1, 0.15) is 11.3 Å². The average Bonchev–Trinajstić information content (AvgIpc) is 3.39. The van der Waals surface area contributed by atoms with Crippen LogP contribution in [0.15, 0.2) is 115 Å². The molecule has 1 aliphatic rings. The molecule has 0 spiro atoms. The van der Waals surface area contributed by atoms with Gasteiger partial charge in [-0.05, 0) is 48.5 Å². The first-order valence-electron chi connectivity index (χ1n) is 13.2. The van der Waals surface area contributed by atoms with Crippen LogP contribution in [0.3, 0.4) is 0 Å². The minimum absolute atomic E-state index is 0. The minimum Gasteiger partial charge on any atom is -0.522 e. The van der Waals surface area contributed by atoms with E-state index in [9.17, 15) is 0 Å². The van der Waals surface area contributed by atoms with E-state index in [0.29, 0.717) is 0 Å². The van der Waals surface area contributed by atoms with Gasteiger partial charge >= 0.3 is 20.1 Å². The van der Waals surface area contributed by atoms with Crippen molar-refractivity contribution in [1.82, 2.24) is 9.55 Å². The minimum atomic E-state index is 0. The zero-order chi connectivity index (χ0) is 27.1. The van der Waals surface area contributed by atoms with E-state index in [1.54, 1.807) is 6.20 Å². The summed E-state index contributed by atoms with van der Waals surface area (Å²) < 4.78 is 10.6. The molecule has 0 unspecified atom stereocenters. The summed E-state index contributed by atoms with van der Waals surface area (Å²) in [5.74, 6) is 1.68. The van der Waals surface area contributed by atoms with Gasteiger partial charge in [0.15, 0.2) is 0 Å². The van der Waals surface area contributed by atoms with Gasteiger partial charge < -0.3 is 14.3 Å². The second-order valence-electron chi connectivity index (χ2n) is 9.78. The van der Waals surface area contributed by atoms with E-state index < -0.39 is 0 Å². The Hall–Kier alpha value is -4.57. The van der Waals surface area contributed by atoms with E-state index >= 15 is 0 Å². The van der Waals surface area contributed by atoms with Crippen LogP contribution in [0.2, 0.25) is 0 Å². The Balaban J connectivity index is 0.000000196. The molecule has 0 fully saturated rings. The van der Waals surface area contributed by atoms with Crippen molar-refractivity contribution in [3.05, 3.63) is 145 Å². The summed E-state index contributed by atoms with van der Waals surface area (Å²) in [4.78, 5) is 4.22. The van der Waals surface area contributed by atoms with Gasteiger partial charge in [-0.25, -0.2) is 0 Å². The van der Waals surface area contributed by atoms with E-state index in [-0.39, 0.29) is 20.1 Å². The third-order valence-corrected chi connectivity index (χ3v) is 7.18. The SMILES string of the molecule is Cc1cccc(C)c1-n1[c-][n+]2c3c(cccc31)Oc1c-2[c-]cc2ccccc12.[Ir+3].[c-]1ccccc1-c1ccccn1. The molecule has 0 amide bonds. The number of benzene rings is 5. The zero-order valence-corrected chi connectivity index (χ0v) is 24.9. The third-order valence-electron chi connectivity index (χ3n) is 7.18. The summed E-state index contributed by atoms with van der Waals surface area (Å²) in [7, 11) is 0. The molecule has 198 valence electrons. The molecule has 8 rings (SSSR count). The molecule has 4 nitrogen and oxygen atoms in total. The van der Waals surface area contributed by atoms with Crippen LogP contribution < -0.4 is 9.30 Å². The summed E-state index contributed by atoms with van der Waals surface area (Å²) >= 11 is 0. The Bertz CT molecular complexity index is 1940. The zero-order valence-electron chi connectivity index (χ0n) is 22.6. The van der Waals surface area contributed by atoms with E-state index in [1.807, 2.05) is 72.8 Å². The molecule has 0 radical (unpaired) electrons. The van der Waals surface area contributed by atoms with Crippen molar-refractivity contribution in [2.24, 2.45) is 0 Å². The molecule has 7 aromatic rings. The second kappa shape index (κ2) is 11.1. The van der Waals surface area contributed by atoms with Gasteiger partial charge in [0.05, 0.1) is 11.2 Å². The van der Waals surface area contributed by atoms with E-state index in [2.05, 4.69) is 82.8 Å². The Kier molecular flexibility index (Phi) is 7.23. The van der Waals surface area contributed by atoms with Crippen LogP contribution in [-0.4, -0.2) is 9.55 Å². The maximum absolute atomic E-state index is 6.39. The van der Waals surface area contributed by atoms with Gasteiger partial charge in [0.25, 0.3) is 6.33 Å². The molecule has 2 aromatic heterocycles. The van der Waals surface area contributed by atoms with Gasteiger partial charge in [0.2, 0.25) is 0 Å². The topological polar surface area (TPSA) is 30.9 Å². The van der Waals surface area contributed by atoms with Gasteiger partial charge in [-0.15, -0.1) is 47.3 Å². The van der Waals surface area contributed by atoms with Gasteiger partial charge in [-0.1, -0.05) is 66.0 Å². The summed E-state index contributed by atoms with van der Waals surface area (Å²) in [5.41, 5.74) is 8.59. The fourth-order valence-electron chi connectivity index (χ4n) is 5.32. The van der Waals surface area contributed by atoms with Crippen molar-refractivity contribution in [1.29, 1.82) is 0 Å². The molecule has 0 saturated heterocycles. The first-order chi connectivity index (χ1) is 19.7. The van der Waals surface area contributed by atoms with Crippen molar-refractivity contribution in [2.75, 3.05) is 0 Å². The molecule has 3 heterocycles. The predicted octanol–water partition coefficient (Wildman–Crippen LogP) is 7.93. The fraction of sp³-hybridized carbons (Fsp3) is 0.0556. The number of hydrogen-bond acceptors (Lipinski definition) is 2. The predicted molar refractivity (Wildman–Crippen MR) is 158 cm³/mol. The number of ether oxygens (including phenoxy) is 1. The van der Waals surface area contributed by atoms with Crippen LogP contribution >= 0.6 is 0 Å². The van der Waals surface area contributed by atoms with Crippen LogP contribution in [0, 0.1) is 32.3 Å². The number of hydrogen-bond donors (Lipinski definition) is 0. The van der Waals surface area contributed by atoms with Crippen LogP contribution in [0.4, 0.5) is 0 Å². The van der Waals surface area contributed by atoms with Crippen molar-refractivity contribution in [3.8, 4) is 34.1 Å². The first-order valence-corrected chi connectivity index (χ1v) is 13.2. The average molecular weight is 708 g/mol. The number of aromatic nitrogens is 3. The largest absolute Gasteiger partial charge is 3.00 e. The number of rotatable bonds is 2. The van der Waals surface area contributed by atoms with Crippen LogP contribution in [0.5, 0.6) is 11.5 Å². The molecule has 41 heavy (non-hydrogen) atoms. The number of imidazole rings is 1. The molecule has 0 N–H and O–H groups in total. The Morgan fingerprint density at radius 1 is 0.780 bits per heavy atom. The van der Waals surface area contributed by atoms with Gasteiger partial charge in [-0.2, -0.15) is 12.1 Å². The molecule has 0 saturated carbocycles. The second-order valence-corrected chi connectivity index (χ2v) is 9.78. The number of nitrogens with zero attached hydrogens (tertiary/aromatic N) is 3. The van der Waals surface area contributed by atoms with E-state index in [1.165, 1.54) is 11.1 Å². The number of para-hydroxylation sites is 2. The van der Waals surface area contributed by atoms with Gasteiger partial charge in [-0.3, -0.25) is 4.57 Å². The van der Waals surface area contributed by atoms with Gasteiger partial charge in [0, 0.05) is 11.9 Å². The molecule has 5 aromatic carbocycles. The Labute approximate surface area is 252 Å². The normalized spacial score (nSPS) is 11.2. The van der Waals surface area contributed by atoms with Crippen molar-refractivity contribution < 1.29 is 29.4 Å². The molecular formula is C36H25IrN3O+. The number of pyridine rings is 1. The smallest absolute Gasteiger partial charge is 0.522 e. The summed E-state index contributed by atoms with van der Waals surface area (Å²) in [6.45, 7) is 4.28.